The van der Waals surface area contributed by atoms with E-state index in [0.29, 0.717) is 22.6 Å². The molecule has 1 N–H and O–H groups in total. The molecule has 1 aromatic heterocycles. The molecule has 118 valence electrons. The van der Waals surface area contributed by atoms with Gasteiger partial charge >= 0.3 is 0 Å². The summed E-state index contributed by atoms with van der Waals surface area (Å²) in [5.41, 5.74) is 2.10. The number of aldehydes is 1. The van der Waals surface area contributed by atoms with Crippen LogP contribution in [0.15, 0.2) is 48.8 Å². The van der Waals surface area contributed by atoms with Crippen molar-refractivity contribution in [3.8, 4) is 5.75 Å². The van der Waals surface area contributed by atoms with Gasteiger partial charge in [0.05, 0.1) is 18.2 Å². The second-order valence-electron chi connectivity index (χ2n) is 4.44. The highest BCUT2D eigenvalue weighted by Crippen LogP contribution is 2.28. The molecule has 0 aliphatic carbocycles. The van der Waals surface area contributed by atoms with Crippen molar-refractivity contribution in [2.24, 2.45) is 0 Å². The van der Waals surface area contributed by atoms with Crippen LogP contribution in [-0.4, -0.2) is 23.4 Å². The molecule has 5 nitrogen and oxygen atoms in total. The molecule has 0 amide bonds. The standard InChI is InChI=1S/C16H13N3O2.C2H6/c1-21-15-8-14-13(7-11(15)9-20)16(18-10-17-14)19-12-5-3-2-4-6-12;1-2/h2-10H,1H3,(H,17,18,19);1-2H3. The number of rotatable bonds is 4. The number of nitrogens with one attached hydrogen (secondary N) is 1. The Kier molecular flexibility index (Phi) is 5.63. The van der Waals surface area contributed by atoms with Gasteiger partial charge < -0.3 is 10.1 Å². The van der Waals surface area contributed by atoms with Gasteiger partial charge in [-0.3, -0.25) is 4.79 Å². The molecule has 0 aliphatic heterocycles. The lowest BCUT2D eigenvalue weighted by molar-refractivity contribution is 0.112. The number of para-hydroxylation sites is 1. The van der Waals surface area contributed by atoms with E-state index in [4.69, 9.17) is 4.74 Å². The minimum absolute atomic E-state index is 0.468. The first kappa shape index (κ1) is 16.4. The van der Waals surface area contributed by atoms with Gasteiger partial charge in [-0.25, -0.2) is 9.97 Å². The van der Waals surface area contributed by atoms with Crippen molar-refractivity contribution in [2.45, 2.75) is 13.8 Å². The molecule has 0 saturated carbocycles. The lowest BCUT2D eigenvalue weighted by Gasteiger charge is -2.10. The van der Waals surface area contributed by atoms with E-state index in [1.54, 1.807) is 12.1 Å². The average Bonchev–Trinajstić information content (AvgIpc) is 2.63. The maximum absolute atomic E-state index is 11.2. The maximum atomic E-state index is 11.2. The van der Waals surface area contributed by atoms with Gasteiger partial charge in [0.15, 0.2) is 6.29 Å². The van der Waals surface area contributed by atoms with Crippen molar-refractivity contribution in [3.05, 3.63) is 54.4 Å². The predicted molar refractivity (Wildman–Crippen MR) is 92.6 cm³/mol. The molecule has 0 atom stereocenters. The molecule has 0 unspecified atom stereocenters. The third-order valence-corrected chi connectivity index (χ3v) is 3.15. The Morgan fingerprint density at radius 2 is 1.83 bits per heavy atom. The number of benzene rings is 2. The second-order valence-corrected chi connectivity index (χ2v) is 4.44. The van der Waals surface area contributed by atoms with Crippen LogP contribution in [0.3, 0.4) is 0 Å². The van der Waals surface area contributed by atoms with Crippen molar-refractivity contribution in [1.82, 2.24) is 9.97 Å². The number of hydrogen-bond acceptors (Lipinski definition) is 5. The Bertz CT molecular complexity index is 789. The zero-order chi connectivity index (χ0) is 16.7. The number of carbonyl (C=O) groups excluding carboxylic acids is 1. The topological polar surface area (TPSA) is 64.1 Å². The van der Waals surface area contributed by atoms with Gasteiger partial charge in [0.1, 0.15) is 17.9 Å². The molecule has 3 rings (SSSR count). The third-order valence-electron chi connectivity index (χ3n) is 3.15. The molecule has 1 heterocycles. The number of carbonyl (C=O) groups is 1. The first-order valence-corrected chi connectivity index (χ1v) is 7.42. The predicted octanol–water partition coefficient (Wildman–Crippen LogP) is 4.22. The highest BCUT2D eigenvalue weighted by molar-refractivity contribution is 5.96. The molecule has 0 radical (unpaired) electrons. The Hall–Kier alpha value is -2.95. The third kappa shape index (κ3) is 3.63. The van der Waals surface area contributed by atoms with Gasteiger partial charge in [0, 0.05) is 17.1 Å². The van der Waals surface area contributed by atoms with Crippen LogP contribution < -0.4 is 10.1 Å². The number of nitrogens with zero attached hydrogens (tertiary/aromatic N) is 2. The minimum atomic E-state index is 0.468. The summed E-state index contributed by atoms with van der Waals surface area (Å²) in [6.45, 7) is 4.00. The lowest BCUT2D eigenvalue weighted by Crippen LogP contribution is -1.98. The lowest BCUT2D eigenvalue weighted by atomic mass is 10.1. The van der Waals surface area contributed by atoms with Crippen LogP contribution in [0.5, 0.6) is 5.75 Å². The average molecular weight is 309 g/mol. The Balaban J connectivity index is 0.000000924. The van der Waals surface area contributed by atoms with Gasteiger partial charge in [-0.15, -0.1) is 0 Å². The zero-order valence-corrected chi connectivity index (χ0v) is 13.4. The number of methoxy groups -OCH3 is 1. The van der Waals surface area contributed by atoms with E-state index >= 15 is 0 Å². The molecule has 0 bridgehead atoms. The zero-order valence-electron chi connectivity index (χ0n) is 13.4. The Morgan fingerprint density at radius 3 is 2.48 bits per heavy atom. The molecule has 0 spiro atoms. The summed E-state index contributed by atoms with van der Waals surface area (Å²) in [6.07, 6.45) is 2.24. The second kappa shape index (κ2) is 7.89. The minimum Gasteiger partial charge on any atom is -0.496 e. The Labute approximate surface area is 135 Å². The SMILES string of the molecule is CC.COc1cc2ncnc(Nc3ccccc3)c2cc1C=O. The van der Waals surface area contributed by atoms with Gasteiger partial charge in [0.2, 0.25) is 0 Å². The van der Waals surface area contributed by atoms with E-state index in [2.05, 4.69) is 15.3 Å². The summed E-state index contributed by atoms with van der Waals surface area (Å²) in [6, 6.07) is 13.2. The first-order valence-electron chi connectivity index (χ1n) is 7.42. The Morgan fingerprint density at radius 1 is 1.09 bits per heavy atom. The van der Waals surface area contributed by atoms with Crippen molar-refractivity contribution in [3.63, 3.8) is 0 Å². The summed E-state index contributed by atoms with van der Waals surface area (Å²) < 4.78 is 5.19. The molecule has 0 aliphatic rings. The molecular weight excluding hydrogens is 290 g/mol. The van der Waals surface area contributed by atoms with Crippen LogP contribution >= 0.6 is 0 Å². The fraction of sp³-hybridized carbons (Fsp3) is 0.167. The van der Waals surface area contributed by atoms with Crippen LogP contribution in [0.25, 0.3) is 10.9 Å². The summed E-state index contributed by atoms with van der Waals surface area (Å²) in [5.74, 6) is 1.15. The fourth-order valence-electron chi connectivity index (χ4n) is 2.13. The normalized spacial score (nSPS) is 9.70. The summed E-state index contributed by atoms with van der Waals surface area (Å²) in [7, 11) is 1.53. The largest absolute Gasteiger partial charge is 0.496 e. The van der Waals surface area contributed by atoms with Gasteiger partial charge in [-0.1, -0.05) is 32.0 Å². The quantitative estimate of drug-likeness (QED) is 0.731. The van der Waals surface area contributed by atoms with Crippen molar-refractivity contribution in [1.29, 1.82) is 0 Å². The van der Waals surface area contributed by atoms with Crippen molar-refractivity contribution in [2.75, 3.05) is 12.4 Å². The van der Waals surface area contributed by atoms with Crippen LogP contribution in [0.2, 0.25) is 0 Å². The van der Waals surface area contributed by atoms with Gasteiger partial charge in [0.25, 0.3) is 0 Å². The molecule has 0 saturated heterocycles. The van der Waals surface area contributed by atoms with Crippen LogP contribution in [0, 0.1) is 0 Å². The maximum Gasteiger partial charge on any atom is 0.153 e. The van der Waals surface area contributed by atoms with E-state index < -0.39 is 0 Å². The molecule has 0 fully saturated rings. The van der Waals surface area contributed by atoms with E-state index in [-0.39, 0.29) is 0 Å². The van der Waals surface area contributed by atoms with E-state index in [1.165, 1.54) is 13.4 Å². The molecule has 23 heavy (non-hydrogen) atoms. The van der Waals surface area contributed by atoms with E-state index in [9.17, 15) is 4.79 Å². The first-order chi connectivity index (χ1) is 11.3. The fourth-order valence-corrected chi connectivity index (χ4v) is 2.13. The summed E-state index contributed by atoms with van der Waals surface area (Å²) in [4.78, 5) is 19.6. The highest BCUT2D eigenvalue weighted by Gasteiger charge is 2.10. The smallest absolute Gasteiger partial charge is 0.153 e. The van der Waals surface area contributed by atoms with Crippen LogP contribution in [0.1, 0.15) is 24.2 Å². The highest BCUT2D eigenvalue weighted by atomic mass is 16.5. The number of aromatic nitrogens is 2. The number of hydrogen-bond donors (Lipinski definition) is 1. The van der Waals surface area contributed by atoms with Crippen molar-refractivity contribution >= 4 is 28.7 Å². The van der Waals surface area contributed by atoms with E-state index in [1.807, 2.05) is 44.2 Å². The molecular formula is C18H19N3O2. The van der Waals surface area contributed by atoms with Gasteiger partial charge in [-0.05, 0) is 18.2 Å². The van der Waals surface area contributed by atoms with E-state index in [0.717, 1.165) is 17.4 Å². The molecule has 3 aromatic rings. The van der Waals surface area contributed by atoms with Crippen LogP contribution in [-0.2, 0) is 0 Å². The van der Waals surface area contributed by atoms with Crippen LogP contribution in [0.4, 0.5) is 11.5 Å². The van der Waals surface area contributed by atoms with Crippen molar-refractivity contribution < 1.29 is 9.53 Å². The molecule has 5 heteroatoms. The molecule has 2 aromatic carbocycles. The van der Waals surface area contributed by atoms with Gasteiger partial charge in [-0.2, -0.15) is 0 Å². The summed E-state index contributed by atoms with van der Waals surface area (Å²) in [5, 5.41) is 4.00. The monoisotopic (exact) mass is 309 g/mol. The summed E-state index contributed by atoms with van der Waals surface area (Å²) >= 11 is 0. The number of fused-ring (bicyclic) bond motifs is 1. The number of ether oxygens (including phenoxy) is 1. The number of anilines is 2.